The van der Waals surface area contributed by atoms with Gasteiger partial charge in [0.1, 0.15) is 0 Å². The minimum absolute atomic E-state index is 0.0693. The molecule has 0 unspecified atom stereocenters. The molecule has 2 N–H and O–H groups in total. The van der Waals surface area contributed by atoms with E-state index in [0.717, 1.165) is 0 Å². The number of primary amides is 1. The largest absolute Gasteiger partial charge is 0.469 e. The molecule has 0 atom stereocenters. The molecule has 0 radical (unpaired) electrons. The van der Waals surface area contributed by atoms with Crippen LogP contribution in [0, 0.1) is 0 Å². The summed E-state index contributed by atoms with van der Waals surface area (Å²) in [7, 11) is 1.30. The molecular formula is C15H17N3O4S. The zero-order chi connectivity index (χ0) is 16.8. The zero-order valence-electron chi connectivity index (χ0n) is 12.7. The zero-order valence-corrected chi connectivity index (χ0v) is 13.5. The van der Waals surface area contributed by atoms with E-state index in [1.807, 2.05) is 0 Å². The van der Waals surface area contributed by atoms with Crippen molar-refractivity contribution in [3.8, 4) is 0 Å². The Hall–Kier alpha value is -2.35. The second-order valence-electron chi connectivity index (χ2n) is 4.76. The summed E-state index contributed by atoms with van der Waals surface area (Å²) in [5.41, 5.74) is 5.49. The first-order chi connectivity index (χ1) is 11.0. The minimum atomic E-state index is -0.415. The molecule has 0 spiro atoms. The van der Waals surface area contributed by atoms with E-state index in [4.69, 9.17) is 5.73 Å². The molecule has 0 aliphatic heterocycles. The molecule has 2 aromatic rings. The Morgan fingerprint density at radius 2 is 2.04 bits per heavy atom. The fourth-order valence-electron chi connectivity index (χ4n) is 2.00. The third kappa shape index (κ3) is 4.32. The molecule has 0 saturated heterocycles. The van der Waals surface area contributed by atoms with Crippen LogP contribution in [0.5, 0.6) is 0 Å². The van der Waals surface area contributed by atoms with Crippen molar-refractivity contribution in [3.05, 3.63) is 34.6 Å². The summed E-state index contributed by atoms with van der Waals surface area (Å²) >= 11 is 1.26. The summed E-state index contributed by atoms with van der Waals surface area (Å²) in [6.45, 7) is 0.169. The van der Waals surface area contributed by atoms with Gasteiger partial charge in [0, 0.05) is 18.7 Å². The first-order valence-electron chi connectivity index (χ1n) is 7.00. The van der Waals surface area contributed by atoms with Crippen LogP contribution in [0.4, 0.5) is 0 Å². The van der Waals surface area contributed by atoms with Gasteiger partial charge in [-0.15, -0.1) is 0 Å². The average Bonchev–Trinajstić information content (AvgIpc) is 2.53. The van der Waals surface area contributed by atoms with Crippen molar-refractivity contribution in [2.24, 2.45) is 5.73 Å². The average molecular weight is 335 g/mol. The van der Waals surface area contributed by atoms with E-state index >= 15 is 0 Å². The lowest BCUT2D eigenvalue weighted by atomic mass is 10.2. The molecule has 0 saturated carbocycles. The smallest absolute Gasteiger partial charge is 0.307 e. The predicted octanol–water partition coefficient (Wildman–Crippen LogP) is 0.927. The highest BCUT2D eigenvalue weighted by Gasteiger charge is 2.13. The Kier molecular flexibility index (Phi) is 5.75. The summed E-state index contributed by atoms with van der Waals surface area (Å²) in [6.07, 6.45) is 0.254. The standard InChI is InChI=1S/C15H17N3O4S/c1-22-13(20)6-8-18-14(21)10-4-2-3-5-11(10)17-15(18)23-9-7-12(16)19/h2-5H,6-9H2,1H3,(H2,16,19). The molecule has 1 aromatic carbocycles. The Morgan fingerprint density at radius 3 is 2.74 bits per heavy atom. The molecular weight excluding hydrogens is 318 g/mol. The Labute approximate surface area is 136 Å². The first-order valence-corrected chi connectivity index (χ1v) is 7.99. The second kappa shape index (κ2) is 7.77. The number of amides is 1. The third-order valence-electron chi connectivity index (χ3n) is 3.17. The molecule has 1 heterocycles. The molecule has 1 amide bonds. The number of methoxy groups -OCH3 is 1. The van der Waals surface area contributed by atoms with Crippen molar-refractivity contribution >= 4 is 34.5 Å². The van der Waals surface area contributed by atoms with E-state index in [0.29, 0.717) is 21.8 Å². The maximum Gasteiger partial charge on any atom is 0.307 e. The Morgan fingerprint density at radius 1 is 1.30 bits per heavy atom. The van der Waals surface area contributed by atoms with Crippen LogP contribution in [0.25, 0.3) is 10.9 Å². The molecule has 23 heavy (non-hydrogen) atoms. The van der Waals surface area contributed by atoms with E-state index in [1.165, 1.54) is 23.4 Å². The van der Waals surface area contributed by atoms with Crippen LogP contribution in [0.2, 0.25) is 0 Å². The maximum atomic E-state index is 12.6. The Bertz CT molecular complexity index is 788. The lowest BCUT2D eigenvalue weighted by Gasteiger charge is -2.12. The monoisotopic (exact) mass is 335 g/mol. The van der Waals surface area contributed by atoms with Gasteiger partial charge in [-0.25, -0.2) is 4.98 Å². The van der Waals surface area contributed by atoms with Gasteiger partial charge in [0.15, 0.2) is 5.16 Å². The van der Waals surface area contributed by atoms with Gasteiger partial charge in [-0.2, -0.15) is 0 Å². The number of nitrogens with two attached hydrogens (primary N) is 1. The molecule has 8 heteroatoms. The van der Waals surface area contributed by atoms with Gasteiger partial charge in [-0.05, 0) is 12.1 Å². The van der Waals surface area contributed by atoms with Gasteiger partial charge < -0.3 is 10.5 Å². The Balaban J connectivity index is 2.37. The minimum Gasteiger partial charge on any atom is -0.469 e. The van der Waals surface area contributed by atoms with Crippen molar-refractivity contribution < 1.29 is 14.3 Å². The van der Waals surface area contributed by atoms with E-state index in [9.17, 15) is 14.4 Å². The molecule has 0 fully saturated rings. The van der Waals surface area contributed by atoms with Crippen LogP contribution in [0.15, 0.2) is 34.2 Å². The van der Waals surface area contributed by atoms with Crippen LogP contribution in [-0.2, 0) is 20.9 Å². The molecule has 0 bridgehead atoms. The van der Waals surface area contributed by atoms with E-state index < -0.39 is 11.9 Å². The van der Waals surface area contributed by atoms with Crippen LogP contribution in [0.3, 0.4) is 0 Å². The SMILES string of the molecule is COC(=O)CCn1c(SCCC(N)=O)nc2ccccc2c1=O. The van der Waals surface area contributed by atoms with Gasteiger partial charge in [0.05, 0.1) is 24.4 Å². The number of thioether (sulfide) groups is 1. The third-order valence-corrected chi connectivity index (χ3v) is 4.15. The van der Waals surface area contributed by atoms with Gasteiger partial charge in [0.2, 0.25) is 5.91 Å². The van der Waals surface area contributed by atoms with Gasteiger partial charge >= 0.3 is 5.97 Å². The molecule has 122 valence electrons. The van der Waals surface area contributed by atoms with Gasteiger partial charge in [-0.3, -0.25) is 19.0 Å². The number of hydrogen-bond donors (Lipinski definition) is 1. The van der Waals surface area contributed by atoms with Crippen LogP contribution in [0.1, 0.15) is 12.8 Å². The van der Waals surface area contributed by atoms with E-state index in [1.54, 1.807) is 24.3 Å². The van der Waals surface area contributed by atoms with Gasteiger partial charge in [-0.1, -0.05) is 23.9 Å². The quantitative estimate of drug-likeness (QED) is 0.458. The van der Waals surface area contributed by atoms with Crippen LogP contribution in [-0.4, -0.2) is 34.3 Å². The van der Waals surface area contributed by atoms with Crippen molar-refractivity contribution in [3.63, 3.8) is 0 Å². The molecule has 7 nitrogen and oxygen atoms in total. The lowest BCUT2D eigenvalue weighted by molar-refractivity contribution is -0.140. The highest BCUT2D eigenvalue weighted by molar-refractivity contribution is 7.99. The molecule has 1 aromatic heterocycles. The number of ether oxygens (including phenoxy) is 1. The van der Waals surface area contributed by atoms with Crippen LogP contribution >= 0.6 is 11.8 Å². The fourth-order valence-corrected chi connectivity index (χ4v) is 2.98. The highest BCUT2D eigenvalue weighted by Crippen LogP contribution is 2.18. The number of fused-ring (bicyclic) bond motifs is 1. The number of nitrogens with zero attached hydrogens (tertiary/aromatic N) is 2. The summed E-state index contributed by atoms with van der Waals surface area (Å²) in [5, 5.41) is 0.940. The highest BCUT2D eigenvalue weighted by atomic mass is 32.2. The van der Waals surface area contributed by atoms with Gasteiger partial charge in [0.25, 0.3) is 5.56 Å². The van der Waals surface area contributed by atoms with E-state index in [2.05, 4.69) is 9.72 Å². The molecule has 0 aliphatic rings. The van der Waals surface area contributed by atoms with Crippen molar-refractivity contribution in [1.29, 1.82) is 0 Å². The first kappa shape index (κ1) is 17.0. The molecule has 0 aliphatic carbocycles. The number of para-hydroxylation sites is 1. The summed E-state index contributed by atoms with van der Waals surface area (Å²) in [5.74, 6) is -0.405. The number of carbonyl (C=O) groups excluding carboxylic acids is 2. The number of rotatable bonds is 7. The number of carbonyl (C=O) groups is 2. The topological polar surface area (TPSA) is 104 Å². The fraction of sp³-hybridized carbons (Fsp3) is 0.333. The second-order valence-corrected chi connectivity index (χ2v) is 5.82. The van der Waals surface area contributed by atoms with E-state index in [-0.39, 0.29) is 24.9 Å². The van der Waals surface area contributed by atoms with Crippen LogP contribution < -0.4 is 11.3 Å². The molecule has 2 rings (SSSR count). The lowest BCUT2D eigenvalue weighted by Crippen LogP contribution is -2.25. The number of aromatic nitrogens is 2. The van der Waals surface area contributed by atoms with Crippen molar-refractivity contribution in [2.75, 3.05) is 12.9 Å². The number of esters is 1. The summed E-state index contributed by atoms with van der Waals surface area (Å²) in [6, 6.07) is 7.00. The van der Waals surface area contributed by atoms with Crippen molar-refractivity contribution in [2.45, 2.75) is 24.5 Å². The number of benzene rings is 1. The summed E-state index contributed by atoms with van der Waals surface area (Å²) < 4.78 is 6.04. The predicted molar refractivity (Wildman–Crippen MR) is 87.2 cm³/mol. The van der Waals surface area contributed by atoms with Crippen molar-refractivity contribution in [1.82, 2.24) is 9.55 Å². The maximum absolute atomic E-state index is 12.6. The normalized spacial score (nSPS) is 10.7. The number of hydrogen-bond acceptors (Lipinski definition) is 6. The summed E-state index contributed by atoms with van der Waals surface area (Å²) in [4.78, 5) is 39.3.